The summed E-state index contributed by atoms with van der Waals surface area (Å²) >= 11 is 1.76. The summed E-state index contributed by atoms with van der Waals surface area (Å²) in [6.07, 6.45) is 4.89. The van der Waals surface area contributed by atoms with E-state index in [4.69, 9.17) is 4.74 Å². The highest BCUT2D eigenvalue weighted by Crippen LogP contribution is 2.28. The molecule has 1 amide bonds. The molecule has 0 aliphatic rings. The average molecular weight is 392 g/mol. The fourth-order valence-corrected chi connectivity index (χ4v) is 2.94. The monoisotopic (exact) mass is 391 g/mol. The van der Waals surface area contributed by atoms with Crippen molar-refractivity contribution < 1.29 is 9.53 Å². The molecule has 1 aromatic carbocycles. The molecule has 1 heterocycles. The summed E-state index contributed by atoms with van der Waals surface area (Å²) in [7, 11) is 5.15. The van der Waals surface area contributed by atoms with E-state index in [2.05, 4.69) is 26.9 Å². The van der Waals surface area contributed by atoms with Crippen LogP contribution in [0.4, 0.5) is 0 Å². The Morgan fingerprint density at radius 1 is 1.30 bits per heavy atom. The number of amides is 1. The molecule has 0 atom stereocenters. The minimum atomic E-state index is -0.0256. The van der Waals surface area contributed by atoms with E-state index in [0.29, 0.717) is 12.5 Å². The zero-order chi connectivity index (χ0) is 19.6. The third kappa shape index (κ3) is 6.09. The van der Waals surface area contributed by atoms with E-state index in [-0.39, 0.29) is 12.5 Å². The predicted octanol–water partition coefficient (Wildman–Crippen LogP) is 1.71. The van der Waals surface area contributed by atoms with Gasteiger partial charge in [0.25, 0.3) is 0 Å². The second-order valence-corrected chi connectivity index (χ2v) is 7.23. The van der Waals surface area contributed by atoms with E-state index < -0.39 is 0 Å². The first-order valence-electron chi connectivity index (χ1n) is 8.91. The number of nitrogens with zero attached hydrogens (tertiary/aromatic N) is 2. The Morgan fingerprint density at radius 2 is 2.07 bits per heavy atom. The Hall–Kier alpha value is -2.35. The van der Waals surface area contributed by atoms with E-state index in [9.17, 15) is 4.79 Å². The number of hydrogen-bond donors (Lipinski definition) is 3. The number of benzene rings is 1. The molecule has 0 aliphatic carbocycles. The maximum absolute atomic E-state index is 11.8. The Bertz CT molecular complexity index is 773. The SMILES string of the molecule is COc1cccc2[nH]cc(CCNC(=NCC(=O)N(C)C)NCCSC)c12. The number of carbonyl (C=O) groups excluding carboxylic acids is 1. The maximum Gasteiger partial charge on any atom is 0.243 e. The van der Waals surface area contributed by atoms with Crippen LogP contribution in [0.5, 0.6) is 5.75 Å². The first kappa shape index (κ1) is 21.0. The Kier molecular flexibility index (Phi) is 8.32. The fourth-order valence-electron chi connectivity index (χ4n) is 2.64. The van der Waals surface area contributed by atoms with E-state index in [1.807, 2.05) is 24.4 Å². The largest absolute Gasteiger partial charge is 0.496 e. The number of carbonyl (C=O) groups is 1. The molecular formula is C19H29N5O2S. The number of rotatable bonds is 9. The van der Waals surface area contributed by atoms with Crippen LogP contribution in [0, 0.1) is 0 Å². The fraction of sp³-hybridized carbons (Fsp3) is 0.474. The Balaban J connectivity index is 2.00. The number of thioether (sulfide) groups is 1. The predicted molar refractivity (Wildman–Crippen MR) is 114 cm³/mol. The summed E-state index contributed by atoms with van der Waals surface area (Å²) in [5, 5.41) is 7.70. The van der Waals surface area contributed by atoms with Gasteiger partial charge in [-0.2, -0.15) is 11.8 Å². The second kappa shape index (κ2) is 10.7. The highest BCUT2D eigenvalue weighted by atomic mass is 32.2. The lowest BCUT2D eigenvalue weighted by atomic mass is 10.1. The molecule has 0 fully saturated rings. The lowest BCUT2D eigenvalue weighted by Crippen LogP contribution is -2.40. The van der Waals surface area contributed by atoms with Crippen molar-refractivity contribution in [3.05, 3.63) is 30.0 Å². The van der Waals surface area contributed by atoms with Gasteiger partial charge < -0.3 is 25.3 Å². The molecule has 7 nitrogen and oxygen atoms in total. The molecule has 0 saturated carbocycles. The van der Waals surface area contributed by atoms with Crippen LogP contribution >= 0.6 is 11.8 Å². The number of fused-ring (bicyclic) bond motifs is 1. The van der Waals surface area contributed by atoms with Gasteiger partial charge in [0.2, 0.25) is 5.91 Å². The summed E-state index contributed by atoms with van der Waals surface area (Å²) in [5.41, 5.74) is 2.25. The zero-order valence-corrected chi connectivity index (χ0v) is 17.3. The zero-order valence-electron chi connectivity index (χ0n) is 16.5. The number of ether oxygens (including phenoxy) is 1. The molecule has 0 radical (unpaired) electrons. The van der Waals surface area contributed by atoms with Gasteiger partial charge in [-0.3, -0.25) is 4.79 Å². The number of guanidine groups is 1. The van der Waals surface area contributed by atoms with Crippen LogP contribution < -0.4 is 15.4 Å². The molecule has 2 rings (SSSR count). The van der Waals surface area contributed by atoms with Crippen molar-refractivity contribution in [1.29, 1.82) is 0 Å². The van der Waals surface area contributed by atoms with Crippen molar-refractivity contribution in [2.75, 3.05) is 52.8 Å². The Labute approximate surface area is 164 Å². The second-order valence-electron chi connectivity index (χ2n) is 6.25. The smallest absolute Gasteiger partial charge is 0.243 e. The number of likely N-dealkylation sites (N-methyl/N-ethyl adjacent to an activating group) is 1. The van der Waals surface area contributed by atoms with Gasteiger partial charge in [0.05, 0.1) is 7.11 Å². The van der Waals surface area contributed by atoms with Gasteiger partial charge in [-0.15, -0.1) is 0 Å². The lowest BCUT2D eigenvalue weighted by molar-refractivity contribution is -0.127. The van der Waals surface area contributed by atoms with E-state index in [0.717, 1.165) is 35.4 Å². The van der Waals surface area contributed by atoms with Gasteiger partial charge in [0.1, 0.15) is 12.3 Å². The molecule has 0 unspecified atom stereocenters. The summed E-state index contributed by atoms with van der Waals surface area (Å²) in [5.74, 6) is 2.47. The van der Waals surface area contributed by atoms with Crippen molar-refractivity contribution in [1.82, 2.24) is 20.5 Å². The maximum atomic E-state index is 11.8. The average Bonchev–Trinajstić information content (AvgIpc) is 3.08. The molecular weight excluding hydrogens is 362 g/mol. The quantitative estimate of drug-likeness (QED) is 0.344. The Morgan fingerprint density at radius 3 is 2.78 bits per heavy atom. The summed E-state index contributed by atoms with van der Waals surface area (Å²) in [6, 6.07) is 5.98. The molecule has 27 heavy (non-hydrogen) atoms. The van der Waals surface area contributed by atoms with Gasteiger partial charge in [-0.1, -0.05) is 6.07 Å². The lowest BCUT2D eigenvalue weighted by Gasteiger charge is -2.13. The molecule has 148 valence electrons. The standard InChI is InChI=1S/C19H29N5O2S/c1-24(2)17(25)13-23-19(21-10-11-27-4)20-9-8-14-12-22-15-6-5-7-16(26-3)18(14)15/h5-7,12,22H,8-11,13H2,1-4H3,(H2,20,21,23). The summed E-state index contributed by atoms with van der Waals surface area (Å²) in [6.45, 7) is 1.62. The van der Waals surface area contributed by atoms with Crippen molar-refractivity contribution >= 4 is 34.5 Å². The van der Waals surface area contributed by atoms with Crippen LogP contribution in [0.15, 0.2) is 29.4 Å². The first-order chi connectivity index (χ1) is 13.1. The first-order valence-corrected chi connectivity index (χ1v) is 10.3. The van der Waals surface area contributed by atoms with Crippen LogP contribution in [0.2, 0.25) is 0 Å². The number of aromatic nitrogens is 1. The molecule has 0 saturated heterocycles. The number of aromatic amines is 1. The number of nitrogens with one attached hydrogen (secondary N) is 3. The molecule has 2 aromatic rings. The van der Waals surface area contributed by atoms with Gasteiger partial charge in [-0.25, -0.2) is 4.99 Å². The van der Waals surface area contributed by atoms with E-state index >= 15 is 0 Å². The summed E-state index contributed by atoms with van der Waals surface area (Å²) in [4.78, 5) is 21.0. The van der Waals surface area contributed by atoms with Crippen LogP contribution in [0.25, 0.3) is 10.9 Å². The highest BCUT2D eigenvalue weighted by molar-refractivity contribution is 7.98. The molecule has 8 heteroatoms. The highest BCUT2D eigenvalue weighted by Gasteiger charge is 2.09. The van der Waals surface area contributed by atoms with E-state index in [1.54, 1.807) is 37.9 Å². The summed E-state index contributed by atoms with van der Waals surface area (Å²) < 4.78 is 5.49. The minimum Gasteiger partial charge on any atom is -0.496 e. The number of H-pyrrole nitrogens is 1. The van der Waals surface area contributed by atoms with Crippen LogP contribution in [-0.4, -0.2) is 74.6 Å². The molecule has 1 aromatic heterocycles. The third-order valence-corrected chi connectivity index (χ3v) is 4.74. The normalized spacial score (nSPS) is 11.5. The van der Waals surface area contributed by atoms with Crippen LogP contribution in [0.3, 0.4) is 0 Å². The molecule has 0 spiro atoms. The van der Waals surface area contributed by atoms with Crippen molar-refractivity contribution in [2.24, 2.45) is 4.99 Å². The van der Waals surface area contributed by atoms with Crippen molar-refractivity contribution in [3.8, 4) is 5.75 Å². The minimum absolute atomic E-state index is 0.0256. The van der Waals surface area contributed by atoms with Gasteiger partial charge in [0, 0.05) is 50.0 Å². The topological polar surface area (TPSA) is 81.7 Å². The molecule has 0 bridgehead atoms. The van der Waals surface area contributed by atoms with E-state index in [1.165, 1.54) is 5.56 Å². The number of aliphatic imine (C=N–C) groups is 1. The molecule has 0 aliphatic heterocycles. The third-order valence-electron chi connectivity index (χ3n) is 4.13. The van der Waals surface area contributed by atoms with Gasteiger partial charge >= 0.3 is 0 Å². The molecule has 3 N–H and O–H groups in total. The van der Waals surface area contributed by atoms with Crippen LogP contribution in [0.1, 0.15) is 5.56 Å². The van der Waals surface area contributed by atoms with Crippen molar-refractivity contribution in [3.63, 3.8) is 0 Å². The van der Waals surface area contributed by atoms with Crippen LogP contribution in [-0.2, 0) is 11.2 Å². The van der Waals surface area contributed by atoms with Gasteiger partial charge in [-0.05, 0) is 30.4 Å². The van der Waals surface area contributed by atoms with Crippen molar-refractivity contribution in [2.45, 2.75) is 6.42 Å². The number of methoxy groups -OCH3 is 1. The number of hydrogen-bond acceptors (Lipinski definition) is 4. The van der Waals surface area contributed by atoms with Gasteiger partial charge in [0.15, 0.2) is 5.96 Å².